The Labute approximate surface area is 130 Å². The third-order valence-corrected chi connectivity index (χ3v) is 4.71. The molecule has 2 fully saturated rings. The van der Waals surface area contributed by atoms with Crippen molar-refractivity contribution in [2.75, 3.05) is 24.5 Å². The van der Waals surface area contributed by atoms with Crippen molar-refractivity contribution in [3.63, 3.8) is 0 Å². The Morgan fingerprint density at radius 3 is 2.50 bits per heavy atom. The van der Waals surface area contributed by atoms with Crippen molar-refractivity contribution in [1.82, 2.24) is 20.5 Å². The van der Waals surface area contributed by atoms with Gasteiger partial charge in [-0.15, -0.1) is 10.2 Å². The first-order valence-electron chi connectivity index (χ1n) is 8.11. The van der Waals surface area contributed by atoms with Crippen LogP contribution in [0.15, 0.2) is 36.7 Å². The molecule has 4 rings (SSSR count). The highest BCUT2D eigenvalue weighted by Gasteiger charge is 2.29. The van der Waals surface area contributed by atoms with Gasteiger partial charge in [-0.3, -0.25) is 4.98 Å². The normalized spacial score (nSPS) is 18.8. The Morgan fingerprint density at radius 1 is 1.05 bits per heavy atom. The number of nitrogens with one attached hydrogen (secondary N) is 1. The van der Waals surface area contributed by atoms with E-state index in [1.165, 1.54) is 19.3 Å². The molecule has 0 bridgehead atoms. The lowest BCUT2D eigenvalue weighted by Crippen LogP contribution is -2.53. The fourth-order valence-corrected chi connectivity index (χ4v) is 3.00. The zero-order valence-corrected chi connectivity index (χ0v) is 12.7. The van der Waals surface area contributed by atoms with Crippen LogP contribution in [0.25, 0.3) is 11.3 Å². The summed E-state index contributed by atoms with van der Waals surface area (Å²) in [5.74, 6) is 1.74. The van der Waals surface area contributed by atoms with Gasteiger partial charge >= 0.3 is 0 Å². The van der Waals surface area contributed by atoms with E-state index in [0.29, 0.717) is 0 Å². The minimum atomic E-state index is 0.752. The van der Waals surface area contributed by atoms with Crippen LogP contribution in [0, 0.1) is 5.92 Å². The number of nitrogens with zero attached hydrogens (tertiary/aromatic N) is 4. The van der Waals surface area contributed by atoms with Crippen molar-refractivity contribution >= 4 is 5.82 Å². The number of anilines is 1. The lowest BCUT2D eigenvalue weighted by molar-refractivity contribution is 0.294. The molecule has 0 radical (unpaired) electrons. The molecule has 1 aliphatic carbocycles. The van der Waals surface area contributed by atoms with Gasteiger partial charge in [0.15, 0.2) is 5.82 Å². The first-order chi connectivity index (χ1) is 10.9. The first kappa shape index (κ1) is 13.6. The fourth-order valence-electron chi connectivity index (χ4n) is 3.00. The summed E-state index contributed by atoms with van der Waals surface area (Å²) in [5.41, 5.74) is 1.95. The molecule has 114 valence electrons. The number of hydrogen-bond donors (Lipinski definition) is 1. The van der Waals surface area contributed by atoms with Gasteiger partial charge in [-0.25, -0.2) is 0 Å². The monoisotopic (exact) mass is 295 g/mol. The van der Waals surface area contributed by atoms with Crippen molar-refractivity contribution < 1.29 is 0 Å². The zero-order valence-electron chi connectivity index (χ0n) is 12.7. The predicted octanol–water partition coefficient (Wildman–Crippen LogP) is 2.12. The van der Waals surface area contributed by atoms with Crippen LogP contribution < -0.4 is 10.2 Å². The molecule has 1 N–H and O–H groups in total. The van der Waals surface area contributed by atoms with Gasteiger partial charge in [0.05, 0.1) is 5.69 Å². The van der Waals surface area contributed by atoms with E-state index >= 15 is 0 Å². The highest BCUT2D eigenvalue weighted by atomic mass is 15.3. The topological polar surface area (TPSA) is 53.9 Å². The minimum absolute atomic E-state index is 0.752. The van der Waals surface area contributed by atoms with Crippen molar-refractivity contribution in [3.8, 4) is 11.3 Å². The molecule has 2 aromatic heterocycles. The second-order valence-corrected chi connectivity index (χ2v) is 6.32. The molecular weight excluding hydrogens is 274 g/mol. The number of pyridine rings is 1. The smallest absolute Gasteiger partial charge is 0.151 e. The molecule has 0 amide bonds. The van der Waals surface area contributed by atoms with E-state index in [4.69, 9.17) is 0 Å². The summed E-state index contributed by atoms with van der Waals surface area (Å²) in [6, 6.07) is 8.80. The van der Waals surface area contributed by atoms with Crippen LogP contribution in [0.3, 0.4) is 0 Å². The summed E-state index contributed by atoms with van der Waals surface area (Å²) in [6.45, 7) is 3.32. The maximum Gasteiger partial charge on any atom is 0.151 e. The summed E-state index contributed by atoms with van der Waals surface area (Å²) >= 11 is 0. The van der Waals surface area contributed by atoms with Gasteiger partial charge in [0.25, 0.3) is 0 Å². The van der Waals surface area contributed by atoms with Crippen LogP contribution in [-0.4, -0.2) is 40.9 Å². The molecule has 1 saturated carbocycles. The Hall–Kier alpha value is -2.01. The molecular formula is C17H21N5. The Bertz CT molecular complexity index is 603. The Morgan fingerprint density at radius 2 is 1.86 bits per heavy atom. The van der Waals surface area contributed by atoms with Gasteiger partial charge in [-0.2, -0.15) is 0 Å². The number of rotatable bonds is 5. The van der Waals surface area contributed by atoms with Gasteiger partial charge in [0.2, 0.25) is 0 Å². The van der Waals surface area contributed by atoms with Crippen LogP contribution in [0.4, 0.5) is 5.82 Å². The molecule has 0 aromatic carbocycles. The van der Waals surface area contributed by atoms with Crippen LogP contribution >= 0.6 is 0 Å². The summed E-state index contributed by atoms with van der Waals surface area (Å²) in [4.78, 5) is 6.33. The molecule has 0 atom stereocenters. The van der Waals surface area contributed by atoms with Gasteiger partial charge in [-0.1, -0.05) is 6.42 Å². The lowest BCUT2D eigenvalue weighted by Gasteiger charge is -2.41. The molecule has 1 aliphatic heterocycles. The average Bonchev–Trinajstić information content (AvgIpc) is 2.49. The largest absolute Gasteiger partial charge is 0.354 e. The number of aromatic nitrogens is 3. The predicted molar refractivity (Wildman–Crippen MR) is 86.6 cm³/mol. The standard InChI is InChI=1S/C17H21N5/c1-2-15(3-1)19-10-13-11-22(12-13)17-5-4-16(20-21-17)14-6-8-18-9-7-14/h4-9,13,15,19H,1-3,10-12H2. The average molecular weight is 295 g/mol. The fraction of sp³-hybridized carbons (Fsp3) is 0.471. The second-order valence-electron chi connectivity index (χ2n) is 6.32. The van der Waals surface area contributed by atoms with Gasteiger partial charge < -0.3 is 10.2 Å². The van der Waals surface area contributed by atoms with Crippen LogP contribution in [0.5, 0.6) is 0 Å². The molecule has 0 spiro atoms. The van der Waals surface area contributed by atoms with Crippen LogP contribution in [-0.2, 0) is 0 Å². The summed E-state index contributed by atoms with van der Waals surface area (Å²) in [7, 11) is 0. The summed E-state index contributed by atoms with van der Waals surface area (Å²) in [6.07, 6.45) is 7.67. The molecule has 5 heteroatoms. The number of hydrogen-bond acceptors (Lipinski definition) is 5. The minimum Gasteiger partial charge on any atom is -0.354 e. The summed E-state index contributed by atoms with van der Waals surface area (Å²) in [5, 5.41) is 12.4. The van der Waals surface area contributed by atoms with E-state index in [1.54, 1.807) is 12.4 Å². The van der Waals surface area contributed by atoms with E-state index in [1.807, 2.05) is 18.2 Å². The van der Waals surface area contributed by atoms with Crippen LogP contribution in [0.1, 0.15) is 19.3 Å². The molecule has 22 heavy (non-hydrogen) atoms. The highest BCUT2D eigenvalue weighted by Crippen LogP contribution is 2.25. The quantitative estimate of drug-likeness (QED) is 0.915. The Kier molecular flexibility index (Phi) is 3.72. The Balaban J connectivity index is 1.31. The van der Waals surface area contributed by atoms with Crippen molar-refractivity contribution in [3.05, 3.63) is 36.7 Å². The molecule has 2 aliphatic rings. The maximum atomic E-state index is 4.37. The van der Waals surface area contributed by atoms with E-state index < -0.39 is 0 Å². The van der Waals surface area contributed by atoms with Crippen LogP contribution in [0.2, 0.25) is 0 Å². The SMILES string of the molecule is c1cc(-c2ccc(N3CC(CNC4CCC4)C3)nn2)ccn1. The van der Waals surface area contributed by atoms with Crippen molar-refractivity contribution in [1.29, 1.82) is 0 Å². The third-order valence-electron chi connectivity index (χ3n) is 4.71. The van der Waals surface area contributed by atoms with E-state index in [2.05, 4.69) is 31.5 Å². The first-order valence-corrected chi connectivity index (χ1v) is 8.11. The molecule has 0 unspecified atom stereocenters. The van der Waals surface area contributed by atoms with Gasteiger partial charge in [-0.05, 0) is 37.1 Å². The van der Waals surface area contributed by atoms with Gasteiger partial charge in [0.1, 0.15) is 0 Å². The zero-order chi connectivity index (χ0) is 14.8. The van der Waals surface area contributed by atoms with Gasteiger partial charge in [0, 0.05) is 49.6 Å². The maximum absolute atomic E-state index is 4.37. The highest BCUT2D eigenvalue weighted by molar-refractivity contribution is 5.59. The lowest BCUT2D eigenvalue weighted by atomic mass is 9.91. The van der Waals surface area contributed by atoms with E-state index in [-0.39, 0.29) is 0 Å². The molecule has 5 nitrogen and oxygen atoms in total. The molecule has 2 aromatic rings. The summed E-state index contributed by atoms with van der Waals surface area (Å²) < 4.78 is 0. The third kappa shape index (κ3) is 2.81. The van der Waals surface area contributed by atoms with Crippen molar-refractivity contribution in [2.24, 2.45) is 5.92 Å². The molecule has 3 heterocycles. The second kappa shape index (κ2) is 6.01. The van der Waals surface area contributed by atoms with Crippen molar-refractivity contribution in [2.45, 2.75) is 25.3 Å². The van der Waals surface area contributed by atoms with E-state index in [0.717, 1.165) is 48.7 Å². The van der Waals surface area contributed by atoms with E-state index in [9.17, 15) is 0 Å². The molecule has 1 saturated heterocycles.